The molecule has 0 saturated carbocycles. The van der Waals surface area contributed by atoms with Crippen LogP contribution in [-0.2, 0) is 12.4 Å². The van der Waals surface area contributed by atoms with Crippen molar-refractivity contribution < 1.29 is 4.74 Å². The lowest BCUT2D eigenvalue weighted by Gasteiger charge is -2.05. The standard InChI is InChI=1S/C18H18ClN3OS2/c1-12-9-14(5-8-16(12)19)23-10-17-20-18(22-21-17)25-11-13-3-6-15(24-2)7-4-13/h3-9H,10-11H2,1-2H3,(H,20,21,22). The molecule has 0 spiro atoms. The summed E-state index contributed by atoms with van der Waals surface area (Å²) in [5.74, 6) is 2.30. The number of rotatable bonds is 7. The van der Waals surface area contributed by atoms with Crippen molar-refractivity contribution in [2.24, 2.45) is 0 Å². The van der Waals surface area contributed by atoms with Gasteiger partial charge in [0, 0.05) is 15.7 Å². The summed E-state index contributed by atoms with van der Waals surface area (Å²) in [6, 6.07) is 14.1. The number of hydrogen-bond acceptors (Lipinski definition) is 5. The van der Waals surface area contributed by atoms with Gasteiger partial charge in [0.1, 0.15) is 12.4 Å². The zero-order valence-corrected chi connectivity index (χ0v) is 16.3. The van der Waals surface area contributed by atoms with Crippen LogP contribution in [0.15, 0.2) is 52.5 Å². The molecular weight excluding hydrogens is 374 g/mol. The van der Waals surface area contributed by atoms with E-state index in [1.165, 1.54) is 10.5 Å². The number of nitrogens with one attached hydrogen (secondary N) is 1. The molecule has 1 aromatic heterocycles. The number of halogens is 1. The minimum absolute atomic E-state index is 0.344. The fourth-order valence-corrected chi connectivity index (χ4v) is 3.43. The summed E-state index contributed by atoms with van der Waals surface area (Å²) >= 11 is 9.36. The monoisotopic (exact) mass is 391 g/mol. The first-order valence-electron chi connectivity index (χ1n) is 7.70. The fraction of sp³-hybridized carbons (Fsp3) is 0.222. The number of aromatic nitrogens is 3. The molecular formula is C18H18ClN3OS2. The molecule has 0 aliphatic heterocycles. The molecule has 0 saturated heterocycles. The molecule has 0 atom stereocenters. The number of aryl methyl sites for hydroxylation is 1. The molecule has 3 rings (SSSR count). The molecule has 25 heavy (non-hydrogen) atoms. The zero-order valence-electron chi connectivity index (χ0n) is 14.0. The third kappa shape index (κ3) is 5.17. The summed E-state index contributed by atoms with van der Waals surface area (Å²) in [5.41, 5.74) is 2.24. The van der Waals surface area contributed by atoms with E-state index in [1.807, 2.05) is 25.1 Å². The van der Waals surface area contributed by atoms with Gasteiger partial charge in [0.15, 0.2) is 5.82 Å². The molecule has 1 heterocycles. The maximum atomic E-state index is 6.02. The average Bonchev–Trinajstić information content (AvgIpc) is 3.09. The molecule has 4 nitrogen and oxygen atoms in total. The Morgan fingerprint density at radius 3 is 2.68 bits per heavy atom. The number of nitrogens with zero attached hydrogens (tertiary/aromatic N) is 2. The zero-order chi connectivity index (χ0) is 17.6. The Bertz CT molecular complexity index is 837. The SMILES string of the molecule is CSc1ccc(CSc2n[nH]c(COc3ccc(Cl)c(C)c3)n2)cc1. The second kappa shape index (κ2) is 8.65. The first-order valence-corrected chi connectivity index (χ1v) is 10.3. The molecule has 0 bridgehead atoms. The molecule has 0 unspecified atom stereocenters. The van der Waals surface area contributed by atoms with Crippen LogP contribution >= 0.6 is 35.1 Å². The number of benzene rings is 2. The smallest absolute Gasteiger partial charge is 0.208 e. The number of H-pyrrole nitrogens is 1. The van der Waals surface area contributed by atoms with Gasteiger partial charge in [-0.2, -0.15) is 0 Å². The van der Waals surface area contributed by atoms with Gasteiger partial charge in [0.2, 0.25) is 5.16 Å². The van der Waals surface area contributed by atoms with Crippen molar-refractivity contribution in [3.63, 3.8) is 0 Å². The van der Waals surface area contributed by atoms with Gasteiger partial charge in [0.25, 0.3) is 0 Å². The van der Waals surface area contributed by atoms with Crippen molar-refractivity contribution in [1.82, 2.24) is 15.2 Å². The minimum Gasteiger partial charge on any atom is -0.486 e. The maximum absolute atomic E-state index is 6.02. The van der Waals surface area contributed by atoms with Crippen LogP contribution in [0.25, 0.3) is 0 Å². The van der Waals surface area contributed by atoms with Gasteiger partial charge in [0.05, 0.1) is 0 Å². The van der Waals surface area contributed by atoms with Crippen LogP contribution < -0.4 is 4.74 Å². The normalized spacial score (nSPS) is 10.8. The molecule has 130 valence electrons. The lowest BCUT2D eigenvalue weighted by molar-refractivity contribution is 0.296. The van der Waals surface area contributed by atoms with E-state index >= 15 is 0 Å². The van der Waals surface area contributed by atoms with Crippen LogP contribution in [0, 0.1) is 6.92 Å². The molecule has 2 aromatic carbocycles. The van der Waals surface area contributed by atoms with E-state index in [1.54, 1.807) is 23.5 Å². The molecule has 1 N–H and O–H groups in total. The van der Waals surface area contributed by atoms with Gasteiger partial charge in [-0.3, -0.25) is 5.10 Å². The number of ether oxygens (including phenoxy) is 1. The molecule has 0 radical (unpaired) electrons. The molecule has 0 fully saturated rings. The van der Waals surface area contributed by atoms with Crippen molar-refractivity contribution in [3.8, 4) is 5.75 Å². The summed E-state index contributed by atoms with van der Waals surface area (Å²) < 4.78 is 5.73. The van der Waals surface area contributed by atoms with E-state index < -0.39 is 0 Å². The lowest BCUT2D eigenvalue weighted by Crippen LogP contribution is -1.97. The van der Waals surface area contributed by atoms with E-state index in [9.17, 15) is 0 Å². The van der Waals surface area contributed by atoms with E-state index in [0.717, 1.165) is 27.2 Å². The van der Waals surface area contributed by atoms with Crippen LogP contribution in [0.1, 0.15) is 17.0 Å². The van der Waals surface area contributed by atoms with Gasteiger partial charge in [-0.05, 0) is 54.6 Å². The lowest BCUT2D eigenvalue weighted by atomic mass is 10.2. The molecule has 0 aliphatic rings. The topological polar surface area (TPSA) is 50.8 Å². The molecule has 3 aromatic rings. The Morgan fingerprint density at radius 2 is 1.96 bits per heavy atom. The number of thioether (sulfide) groups is 2. The van der Waals surface area contributed by atoms with Crippen molar-refractivity contribution in [1.29, 1.82) is 0 Å². The van der Waals surface area contributed by atoms with E-state index in [0.29, 0.717) is 12.4 Å². The minimum atomic E-state index is 0.344. The van der Waals surface area contributed by atoms with Crippen LogP contribution in [0.4, 0.5) is 0 Å². The Labute approximate surface area is 160 Å². The summed E-state index contributed by atoms with van der Waals surface area (Å²) in [4.78, 5) is 5.72. The van der Waals surface area contributed by atoms with Crippen LogP contribution in [0.5, 0.6) is 5.75 Å². The third-order valence-corrected chi connectivity index (χ3v) is 5.63. The van der Waals surface area contributed by atoms with E-state index in [2.05, 4.69) is 45.7 Å². The van der Waals surface area contributed by atoms with Gasteiger partial charge >= 0.3 is 0 Å². The molecule has 0 aliphatic carbocycles. The third-order valence-electron chi connectivity index (χ3n) is 3.54. The van der Waals surface area contributed by atoms with Gasteiger partial charge < -0.3 is 4.74 Å². The summed E-state index contributed by atoms with van der Waals surface area (Å²) in [6.45, 7) is 2.29. The summed E-state index contributed by atoms with van der Waals surface area (Å²) in [7, 11) is 0. The number of hydrogen-bond donors (Lipinski definition) is 1. The summed E-state index contributed by atoms with van der Waals surface area (Å²) in [5, 5.41) is 8.61. The Kier molecular flexibility index (Phi) is 6.29. The second-order valence-corrected chi connectivity index (χ2v) is 7.63. The summed E-state index contributed by atoms with van der Waals surface area (Å²) in [6.07, 6.45) is 2.08. The first-order chi connectivity index (χ1) is 12.1. The predicted octanol–water partition coefficient (Wildman–Crippen LogP) is 5.36. The largest absolute Gasteiger partial charge is 0.486 e. The first kappa shape index (κ1) is 18.2. The van der Waals surface area contributed by atoms with Crippen molar-refractivity contribution in [2.75, 3.05) is 6.26 Å². The van der Waals surface area contributed by atoms with Crippen molar-refractivity contribution in [2.45, 2.75) is 29.3 Å². The Balaban J connectivity index is 1.52. The fourth-order valence-electron chi connectivity index (χ4n) is 2.14. The maximum Gasteiger partial charge on any atom is 0.208 e. The highest BCUT2D eigenvalue weighted by molar-refractivity contribution is 7.98. The van der Waals surface area contributed by atoms with Gasteiger partial charge in [-0.1, -0.05) is 35.5 Å². The molecule has 7 heteroatoms. The Morgan fingerprint density at radius 1 is 1.16 bits per heavy atom. The van der Waals surface area contributed by atoms with Gasteiger partial charge in [-0.15, -0.1) is 16.9 Å². The second-order valence-electron chi connectivity index (χ2n) is 5.40. The van der Waals surface area contributed by atoms with Crippen molar-refractivity contribution >= 4 is 35.1 Å². The van der Waals surface area contributed by atoms with E-state index in [4.69, 9.17) is 16.3 Å². The highest BCUT2D eigenvalue weighted by atomic mass is 35.5. The predicted molar refractivity (Wildman–Crippen MR) is 105 cm³/mol. The quantitative estimate of drug-likeness (QED) is 0.549. The Hall–Kier alpha value is -1.63. The number of aromatic amines is 1. The van der Waals surface area contributed by atoms with Crippen LogP contribution in [0.2, 0.25) is 5.02 Å². The molecule has 0 amide bonds. The van der Waals surface area contributed by atoms with Crippen molar-refractivity contribution in [3.05, 3.63) is 64.4 Å². The van der Waals surface area contributed by atoms with Crippen LogP contribution in [0.3, 0.4) is 0 Å². The van der Waals surface area contributed by atoms with Gasteiger partial charge in [-0.25, -0.2) is 4.98 Å². The highest BCUT2D eigenvalue weighted by Crippen LogP contribution is 2.23. The van der Waals surface area contributed by atoms with Crippen LogP contribution in [-0.4, -0.2) is 21.4 Å². The average molecular weight is 392 g/mol. The van der Waals surface area contributed by atoms with E-state index in [-0.39, 0.29) is 0 Å². The highest BCUT2D eigenvalue weighted by Gasteiger charge is 2.06.